The summed E-state index contributed by atoms with van der Waals surface area (Å²) in [4.78, 5) is 14.8. The molecule has 1 saturated heterocycles. The molecule has 0 spiro atoms. The maximum atomic E-state index is 12.6. The van der Waals surface area contributed by atoms with Crippen molar-refractivity contribution in [2.45, 2.75) is 13.0 Å². The molecular formula is C21H27N3O4. The molecule has 0 bridgehead atoms. The summed E-state index contributed by atoms with van der Waals surface area (Å²) in [7, 11) is 3.18. The Kier molecular flexibility index (Phi) is 6.60. The van der Waals surface area contributed by atoms with Crippen LogP contribution in [0.1, 0.15) is 6.92 Å². The van der Waals surface area contributed by atoms with Crippen LogP contribution < -0.4 is 25.0 Å². The number of nitrogens with one attached hydrogen (secondary N) is 2. The maximum Gasteiger partial charge on any atom is 0.246 e. The SMILES string of the molecule is COc1ccc(N[C@H](C)C(=O)Nc2ccc(N3CCOCC3)cc2)c(OC)c1. The zero-order valence-corrected chi connectivity index (χ0v) is 16.5. The largest absolute Gasteiger partial charge is 0.497 e. The van der Waals surface area contributed by atoms with Gasteiger partial charge in [0.05, 0.1) is 33.1 Å². The number of hydrogen-bond acceptors (Lipinski definition) is 6. The molecule has 7 nitrogen and oxygen atoms in total. The molecule has 150 valence electrons. The minimum absolute atomic E-state index is 0.128. The Hall–Kier alpha value is -2.93. The Balaban J connectivity index is 1.59. The molecule has 28 heavy (non-hydrogen) atoms. The van der Waals surface area contributed by atoms with Crippen molar-refractivity contribution < 1.29 is 19.0 Å². The number of anilines is 3. The van der Waals surface area contributed by atoms with E-state index in [-0.39, 0.29) is 5.91 Å². The number of morpholine rings is 1. The number of methoxy groups -OCH3 is 2. The Bertz CT molecular complexity index is 789. The highest BCUT2D eigenvalue weighted by Gasteiger charge is 2.16. The van der Waals surface area contributed by atoms with Crippen molar-refractivity contribution >= 4 is 23.0 Å². The van der Waals surface area contributed by atoms with E-state index in [4.69, 9.17) is 14.2 Å². The summed E-state index contributed by atoms with van der Waals surface area (Å²) in [5.41, 5.74) is 2.63. The van der Waals surface area contributed by atoms with E-state index < -0.39 is 6.04 Å². The predicted molar refractivity (Wildman–Crippen MR) is 111 cm³/mol. The van der Waals surface area contributed by atoms with Crippen LogP contribution in [0, 0.1) is 0 Å². The van der Waals surface area contributed by atoms with Crippen LogP contribution in [0.4, 0.5) is 17.1 Å². The summed E-state index contributed by atoms with van der Waals surface area (Å²) in [6.07, 6.45) is 0. The van der Waals surface area contributed by atoms with E-state index in [1.54, 1.807) is 27.2 Å². The quantitative estimate of drug-likeness (QED) is 0.764. The van der Waals surface area contributed by atoms with Gasteiger partial charge in [-0.15, -0.1) is 0 Å². The van der Waals surface area contributed by atoms with Crippen LogP contribution in [0.25, 0.3) is 0 Å². The Morgan fingerprint density at radius 1 is 1.07 bits per heavy atom. The molecule has 2 aromatic carbocycles. The summed E-state index contributed by atoms with van der Waals surface area (Å²) in [5.74, 6) is 1.19. The van der Waals surface area contributed by atoms with Gasteiger partial charge in [-0.3, -0.25) is 4.79 Å². The lowest BCUT2D eigenvalue weighted by atomic mass is 10.2. The van der Waals surface area contributed by atoms with Crippen molar-refractivity contribution in [1.82, 2.24) is 0 Å². The summed E-state index contributed by atoms with van der Waals surface area (Å²) in [6.45, 7) is 5.07. The predicted octanol–water partition coefficient (Wildman–Crippen LogP) is 2.98. The normalized spacial score (nSPS) is 14.9. The van der Waals surface area contributed by atoms with Gasteiger partial charge in [-0.1, -0.05) is 0 Å². The van der Waals surface area contributed by atoms with Crippen molar-refractivity contribution in [3.05, 3.63) is 42.5 Å². The van der Waals surface area contributed by atoms with Crippen LogP contribution in [0.2, 0.25) is 0 Å². The second-order valence-corrected chi connectivity index (χ2v) is 6.57. The van der Waals surface area contributed by atoms with E-state index in [1.165, 1.54) is 0 Å². The molecule has 0 unspecified atom stereocenters. The fraction of sp³-hybridized carbons (Fsp3) is 0.381. The standard InChI is InChI=1S/C21H27N3O4/c1-15(22-19-9-8-18(26-2)14-20(19)27-3)21(25)23-16-4-6-17(7-5-16)24-10-12-28-13-11-24/h4-9,14-15,22H,10-13H2,1-3H3,(H,23,25)/t15-/m1/s1. The molecule has 1 aliphatic rings. The average molecular weight is 385 g/mol. The average Bonchev–Trinajstić information content (AvgIpc) is 2.75. The summed E-state index contributed by atoms with van der Waals surface area (Å²) in [5, 5.41) is 6.12. The van der Waals surface area contributed by atoms with Gasteiger partial charge in [0.2, 0.25) is 5.91 Å². The second-order valence-electron chi connectivity index (χ2n) is 6.57. The molecule has 0 aliphatic carbocycles. The van der Waals surface area contributed by atoms with Gasteiger partial charge in [0, 0.05) is 30.5 Å². The van der Waals surface area contributed by atoms with Crippen LogP contribution in [-0.2, 0) is 9.53 Å². The van der Waals surface area contributed by atoms with Crippen molar-refractivity contribution in [2.24, 2.45) is 0 Å². The van der Waals surface area contributed by atoms with Gasteiger partial charge in [-0.05, 0) is 43.3 Å². The number of carbonyl (C=O) groups excluding carboxylic acids is 1. The van der Waals surface area contributed by atoms with E-state index in [0.717, 1.165) is 43.4 Å². The molecular weight excluding hydrogens is 358 g/mol. The number of carbonyl (C=O) groups is 1. The highest BCUT2D eigenvalue weighted by Crippen LogP contribution is 2.29. The first-order valence-electron chi connectivity index (χ1n) is 9.33. The minimum atomic E-state index is -0.443. The van der Waals surface area contributed by atoms with Crippen LogP contribution >= 0.6 is 0 Å². The summed E-state index contributed by atoms with van der Waals surface area (Å²) >= 11 is 0. The van der Waals surface area contributed by atoms with Crippen molar-refractivity contribution in [3.8, 4) is 11.5 Å². The van der Waals surface area contributed by atoms with E-state index >= 15 is 0 Å². The van der Waals surface area contributed by atoms with E-state index in [1.807, 2.05) is 36.4 Å². The van der Waals surface area contributed by atoms with Gasteiger partial charge in [0.15, 0.2) is 0 Å². The zero-order valence-electron chi connectivity index (χ0n) is 16.5. The summed E-state index contributed by atoms with van der Waals surface area (Å²) in [6, 6.07) is 12.9. The number of ether oxygens (including phenoxy) is 3. The van der Waals surface area contributed by atoms with Gasteiger partial charge in [0.1, 0.15) is 17.5 Å². The number of amides is 1. The Morgan fingerprint density at radius 3 is 2.43 bits per heavy atom. The van der Waals surface area contributed by atoms with Crippen LogP contribution in [-0.4, -0.2) is 52.5 Å². The lowest BCUT2D eigenvalue weighted by Crippen LogP contribution is -2.36. The molecule has 1 amide bonds. The number of rotatable bonds is 7. The third-order valence-corrected chi connectivity index (χ3v) is 4.69. The van der Waals surface area contributed by atoms with Crippen LogP contribution in [0.5, 0.6) is 11.5 Å². The first kappa shape index (κ1) is 19.8. The fourth-order valence-corrected chi connectivity index (χ4v) is 3.04. The van der Waals surface area contributed by atoms with Gasteiger partial charge in [-0.25, -0.2) is 0 Å². The van der Waals surface area contributed by atoms with E-state index in [0.29, 0.717) is 11.5 Å². The first-order valence-corrected chi connectivity index (χ1v) is 9.33. The Labute approximate surface area is 165 Å². The molecule has 0 radical (unpaired) electrons. The second kappa shape index (κ2) is 9.32. The molecule has 1 fully saturated rings. The van der Waals surface area contributed by atoms with Crippen molar-refractivity contribution in [3.63, 3.8) is 0 Å². The number of nitrogens with zero attached hydrogens (tertiary/aromatic N) is 1. The molecule has 7 heteroatoms. The molecule has 0 aromatic heterocycles. The van der Waals surface area contributed by atoms with E-state index in [2.05, 4.69) is 15.5 Å². The highest BCUT2D eigenvalue weighted by atomic mass is 16.5. The first-order chi connectivity index (χ1) is 13.6. The zero-order chi connectivity index (χ0) is 19.9. The van der Waals surface area contributed by atoms with Crippen molar-refractivity contribution in [2.75, 3.05) is 56.1 Å². The van der Waals surface area contributed by atoms with E-state index in [9.17, 15) is 4.79 Å². The molecule has 1 atom stereocenters. The molecule has 1 heterocycles. The van der Waals surface area contributed by atoms with Gasteiger partial charge >= 0.3 is 0 Å². The molecule has 2 aromatic rings. The number of hydrogen-bond donors (Lipinski definition) is 2. The third kappa shape index (κ3) is 4.86. The van der Waals surface area contributed by atoms with Gasteiger partial charge in [-0.2, -0.15) is 0 Å². The Morgan fingerprint density at radius 2 is 1.79 bits per heavy atom. The monoisotopic (exact) mass is 385 g/mol. The lowest BCUT2D eigenvalue weighted by molar-refractivity contribution is -0.116. The minimum Gasteiger partial charge on any atom is -0.497 e. The smallest absolute Gasteiger partial charge is 0.246 e. The lowest BCUT2D eigenvalue weighted by Gasteiger charge is -2.29. The topological polar surface area (TPSA) is 72.1 Å². The maximum absolute atomic E-state index is 12.6. The van der Waals surface area contributed by atoms with Gasteiger partial charge < -0.3 is 29.7 Å². The van der Waals surface area contributed by atoms with Crippen LogP contribution in [0.3, 0.4) is 0 Å². The number of benzene rings is 2. The molecule has 0 saturated carbocycles. The molecule has 1 aliphatic heterocycles. The molecule has 3 rings (SSSR count). The van der Waals surface area contributed by atoms with Crippen molar-refractivity contribution in [1.29, 1.82) is 0 Å². The third-order valence-electron chi connectivity index (χ3n) is 4.69. The summed E-state index contributed by atoms with van der Waals surface area (Å²) < 4.78 is 15.9. The molecule has 2 N–H and O–H groups in total. The fourth-order valence-electron chi connectivity index (χ4n) is 3.04. The van der Waals surface area contributed by atoms with Crippen LogP contribution in [0.15, 0.2) is 42.5 Å². The highest BCUT2D eigenvalue weighted by molar-refractivity contribution is 5.96. The van der Waals surface area contributed by atoms with Gasteiger partial charge in [0.25, 0.3) is 0 Å².